The minimum atomic E-state index is 0.0189. The summed E-state index contributed by atoms with van der Waals surface area (Å²) in [7, 11) is 1.69. The molecule has 16 heavy (non-hydrogen) atoms. The number of rotatable bonds is 6. The van der Waals surface area contributed by atoms with Crippen LogP contribution in [0.3, 0.4) is 0 Å². The molecular formula is C12H19N3O. The summed E-state index contributed by atoms with van der Waals surface area (Å²) in [5.74, 6) is 0.778. The highest BCUT2D eigenvalue weighted by atomic mass is 16.5. The standard InChI is InChI=1S/C12H19N3O/c1-3-11(16-2)12-14-7-9(8-15-12)6-13-10-4-5-10/h7-8,10-11,13H,3-6H2,1-2H3. The molecule has 1 aromatic rings. The molecule has 1 aromatic heterocycles. The fourth-order valence-corrected chi connectivity index (χ4v) is 1.63. The van der Waals surface area contributed by atoms with Crippen LogP contribution >= 0.6 is 0 Å². The minimum Gasteiger partial charge on any atom is -0.373 e. The Morgan fingerprint density at radius 3 is 2.62 bits per heavy atom. The summed E-state index contributed by atoms with van der Waals surface area (Å²) >= 11 is 0. The van der Waals surface area contributed by atoms with Gasteiger partial charge in [0.2, 0.25) is 0 Å². The van der Waals surface area contributed by atoms with E-state index in [4.69, 9.17) is 4.74 Å². The molecule has 1 saturated carbocycles. The third-order valence-electron chi connectivity index (χ3n) is 2.84. The number of nitrogens with one attached hydrogen (secondary N) is 1. The first kappa shape index (κ1) is 11.5. The van der Waals surface area contributed by atoms with Gasteiger partial charge in [-0.15, -0.1) is 0 Å². The lowest BCUT2D eigenvalue weighted by Gasteiger charge is -2.11. The summed E-state index contributed by atoms with van der Waals surface area (Å²) in [4.78, 5) is 8.69. The van der Waals surface area contributed by atoms with Gasteiger partial charge in [0.1, 0.15) is 6.10 Å². The van der Waals surface area contributed by atoms with Crippen LogP contribution in [0.4, 0.5) is 0 Å². The lowest BCUT2D eigenvalue weighted by molar-refractivity contribution is 0.0925. The molecule has 2 rings (SSSR count). The molecule has 0 saturated heterocycles. The van der Waals surface area contributed by atoms with Gasteiger partial charge in [-0.05, 0) is 19.3 Å². The molecule has 1 fully saturated rings. The van der Waals surface area contributed by atoms with Gasteiger partial charge >= 0.3 is 0 Å². The lowest BCUT2D eigenvalue weighted by Crippen LogP contribution is -2.16. The Balaban J connectivity index is 1.91. The van der Waals surface area contributed by atoms with Crippen molar-refractivity contribution in [2.75, 3.05) is 7.11 Å². The predicted octanol–water partition coefficient (Wildman–Crippen LogP) is 1.83. The molecule has 1 atom stereocenters. The average molecular weight is 221 g/mol. The quantitative estimate of drug-likeness (QED) is 0.796. The van der Waals surface area contributed by atoms with Crippen molar-refractivity contribution in [3.05, 3.63) is 23.8 Å². The number of nitrogens with zero attached hydrogens (tertiary/aromatic N) is 2. The molecule has 1 unspecified atom stereocenters. The van der Waals surface area contributed by atoms with Gasteiger partial charge < -0.3 is 10.1 Å². The molecule has 4 heteroatoms. The summed E-state index contributed by atoms with van der Waals surface area (Å²) in [6.45, 7) is 2.94. The van der Waals surface area contributed by atoms with Gasteiger partial charge in [-0.1, -0.05) is 6.92 Å². The molecule has 1 N–H and O–H groups in total. The maximum Gasteiger partial charge on any atom is 0.157 e. The number of methoxy groups -OCH3 is 1. The average Bonchev–Trinajstić information content (AvgIpc) is 3.13. The Bertz CT molecular complexity index is 318. The highest BCUT2D eigenvalue weighted by Gasteiger charge is 2.20. The van der Waals surface area contributed by atoms with Crippen molar-refractivity contribution in [2.24, 2.45) is 0 Å². The van der Waals surface area contributed by atoms with Gasteiger partial charge in [0.05, 0.1) is 0 Å². The van der Waals surface area contributed by atoms with Crippen molar-refractivity contribution in [3.8, 4) is 0 Å². The molecule has 1 aliphatic carbocycles. The van der Waals surface area contributed by atoms with Gasteiger partial charge in [-0.2, -0.15) is 0 Å². The van der Waals surface area contributed by atoms with Crippen molar-refractivity contribution < 1.29 is 4.74 Å². The van der Waals surface area contributed by atoms with E-state index in [9.17, 15) is 0 Å². The van der Waals surface area contributed by atoms with Crippen LogP contribution in [0, 0.1) is 0 Å². The molecule has 0 radical (unpaired) electrons. The third kappa shape index (κ3) is 3.00. The number of ether oxygens (including phenoxy) is 1. The normalized spacial score (nSPS) is 17.4. The van der Waals surface area contributed by atoms with Crippen LogP contribution in [0.2, 0.25) is 0 Å². The van der Waals surface area contributed by atoms with Crippen LogP contribution < -0.4 is 5.32 Å². The molecule has 0 spiro atoms. The van der Waals surface area contributed by atoms with E-state index in [1.165, 1.54) is 12.8 Å². The van der Waals surface area contributed by atoms with Crippen molar-refractivity contribution in [1.82, 2.24) is 15.3 Å². The van der Waals surface area contributed by atoms with Crippen molar-refractivity contribution in [1.29, 1.82) is 0 Å². The second-order valence-electron chi connectivity index (χ2n) is 4.24. The molecular weight excluding hydrogens is 202 g/mol. The fourth-order valence-electron chi connectivity index (χ4n) is 1.63. The molecule has 1 heterocycles. The predicted molar refractivity (Wildman–Crippen MR) is 61.9 cm³/mol. The zero-order valence-electron chi connectivity index (χ0n) is 9.94. The third-order valence-corrected chi connectivity index (χ3v) is 2.84. The van der Waals surface area contributed by atoms with Gasteiger partial charge in [-0.25, -0.2) is 9.97 Å². The Morgan fingerprint density at radius 1 is 1.44 bits per heavy atom. The molecule has 0 bridgehead atoms. The molecule has 4 nitrogen and oxygen atoms in total. The van der Waals surface area contributed by atoms with E-state index >= 15 is 0 Å². The van der Waals surface area contributed by atoms with E-state index < -0.39 is 0 Å². The van der Waals surface area contributed by atoms with E-state index in [-0.39, 0.29) is 6.10 Å². The summed E-state index contributed by atoms with van der Waals surface area (Å²) in [5.41, 5.74) is 1.14. The number of hydrogen-bond donors (Lipinski definition) is 1. The smallest absolute Gasteiger partial charge is 0.157 e. The van der Waals surface area contributed by atoms with Crippen LogP contribution in [0.15, 0.2) is 12.4 Å². The number of hydrogen-bond acceptors (Lipinski definition) is 4. The monoisotopic (exact) mass is 221 g/mol. The largest absolute Gasteiger partial charge is 0.373 e. The maximum absolute atomic E-state index is 5.29. The van der Waals surface area contributed by atoms with Crippen LogP contribution in [0.1, 0.15) is 43.7 Å². The summed E-state index contributed by atoms with van der Waals surface area (Å²) in [6.07, 6.45) is 7.31. The second kappa shape index (κ2) is 5.37. The zero-order valence-corrected chi connectivity index (χ0v) is 9.94. The Hall–Kier alpha value is -1.00. The van der Waals surface area contributed by atoms with Gasteiger partial charge in [0.15, 0.2) is 5.82 Å². The fraction of sp³-hybridized carbons (Fsp3) is 0.667. The molecule has 88 valence electrons. The van der Waals surface area contributed by atoms with Gasteiger partial charge in [-0.3, -0.25) is 0 Å². The van der Waals surface area contributed by atoms with E-state index in [1.54, 1.807) is 7.11 Å². The highest BCUT2D eigenvalue weighted by Crippen LogP contribution is 2.19. The van der Waals surface area contributed by atoms with E-state index in [1.807, 2.05) is 12.4 Å². The highest BCUT2D eigenvalue weighted by molar-refractivity contribution is 5.06. The van der Waals surface area contributed by atoms with Crippen molar-refractivity contribution >= 4 is 0 Å². The summed E-state index contributed by atoms with van der Waals surface area (Å²) in [5, 5.41) is 3.44. The van der Waals surface area contributed by atoms with Gasteiger partial charge in [0, 0.05) is 37.7 Å². The molecule has 1 aliphatic rings. The topological polar surface area (TPSA) is 47.0 Å². The zero-order chi connectivity index (χ0) is 11.4. The first-order chi connectivity index (χ1) is 7.83. The van der Waals surface area contributed by atoms with Crippen LogP contribution in [-0.2, 0) is 11.3 Å². The second-order valence-corrected chi connectivity index (χ2v) is 4.24. The van der Waals surface area contributed by atoms with Crippen molar-refractivity contribution in [2.45, 2.75) is 44.9 Å². The maximum atomic E-state index is 5.29. The van der Waals surface area contributed by atoms with Crippen LogP contribution in [0.5, 0.6) is 0 Å². The minimum absolute atomic E-state index is 0.0189. The van der Waals surface area contributed by atoms with Crippen LogP contribution in [-0.4, -0.2) is 23.1 Å². The molecule has 0 aliphatic heterocycles. The Labute approximate surface area is 96.4 Å². The van der Waals surface area contributed by atoms with E-state index in [0.717, 1.165) is 30.4 Å². The summed E-state index contributed by atoms with van der Waals surface area (Å²) < 4.78 is 5.29. The summed E-state index contributed by atoms with van der Waals surface area (Å²) in [6, 6.07) is 0.724. The lowest BCUT2D eigenvalue weighted by atomic mass is 10.2. The van der Waals surface area contributed by atoms with E-state index in [0.29, 0.717) is 0 Å². The number of aromatic nitrogens is 2. The Morgan fingerprint density at radius 2 is 2.12 bits per heavy atom. The first-order valence-electron chi connectivity index (χ1n) is 5.90. The van der Waals surface area contributed by atoms with Crippen LogP contribution in [0.25, 0.3) is 0 Å². The molecule has 0 amide bonds. The van der Waals surface area contributed by atoms with E-state index in [2.05, 4.69) is 22.2 Å². The first-order valence-corrected chi connectivity index (χ1v) is 5.90. The SMILES string of the molecule is CCC(OC)c1ncc(CNC2CC2)cn1. The molecule has 0 aromatic carbocycles. The Kier molecular flexibility index (Phi) is 3.85. The van der Waals surface area contributed by atoms with Gasteiger partial charge in [0.25, 0.3) is 0 Å². The van der Waals surface area contributed by atoms with Crippen molar-refractivity contribution in [3.63, 3.8) is 0 Å².